The third kappa shape index (κ3) is 2.47. The van der Waals surface area contributed by atoms with Crippen LogP contribution in [0.3, 0.4) is 0 Å². The van der Waals surface area contributed by atoms with E-state index >= 15 is 0 Å². The van der Waals surface area contributed by atoms with Gasteiger partial charge in [-0.05, 0) is 36.5 Å². The summed E-state index contributed by atoms with van der Waals surface area (Å²) in [5, 5.41) is 11.5. The quantitative estimate of drug-likeness (QED) is 0.896. The zero-order valence-corrected chi connectivity index (χ0v) is 12.1. The molecule has 2 heteroatoms. The summed E-state index contributed by atoms with van der Waals surface area (Å²) in [6, 6.07) is 15.7. The average molecular weight is 280 g/mol. The molecule has 1 aliphatic heterocycles. The molecule has 0 amide bonds. The predicted octanol–water partition coefficient (Wildman–Crippen LogP) is 4.13. The molecule has 0 radical (unpaired) electrons. The molecule has 2 nitrogen and oxygen atoms in total. The number of benzene rings is 2. The summed E-state index contributed by atoms with van der Waals surface area (Å²) in [7, 11) is 0. The maximum absolute atomic E-state index is 11.5. The molecule has 0 spiro atoms. The maximum atomic E-state index is 11.5. The van der Waals surface area contributed by atoms with Crippen molar-refractivity contribution in [1.82, 2.24) is 0 Å². The Morgan fingerprint density at radius 2 is 1.71 bits per heavy atom. The van der Waals surface area contributed by atoms with Gasteiger partial charge in [0.15, 0.2) is 0 Å². The fraction of sp³-hybridized carbons (Fsp3) is 0.263. The second-order valence-corrected chi connectivity index (χ2v) is 5.45. The Hall–Kier alpha value is -2.06. The number of hydrogen-bond donors (Lipinski definition) is 1. The van der Waals surface area contributed by atoms with Crippen LogP contribution in [-0.4, -0.2) is 11.7 Å². The second kappa shape index (κ2) is 5.74. The molecule has 1 unspecified atom stereocenters. The minimum atomic E-state index is -1.03. The Morgan fingerprint density at radius 1 is 1.00 bits per heavy atom. The first-order valence-corrected chi connectivity index (χ1v) is 7.42. The van der Waals surface area contributed by atoms with Crippen molar-refractivity contribution in [3.63, 3.8) is 0 Å². The Kier molecular flexibility index (Phi) is 3.80. The van der Waals surface area contributed by atoms with Crippen LogP contribution in [0, 0.1) is 0 Å². The van der Waals surface area contributed by atoms with E-state index in [0.717, 1.165) is 35.3 Å². The lowest BCUT2D eigenvalue weighted by molar-refractivity contribution is 0.0576. The van der Waals surface area contributed by atoms with Crippen molar-refractivity contribution < 1.29 is 9.84 Å². The number of hydrogen-bond acceptors (Lipinski definition) is 2. The van der Waals surface area contributed by atoms with Crippen LogP contribution >= 0.6 is 0 Å². The molecule has 108 valence electrons. The molecule has 1 atom stereocenters. The van der Waals surface area contributed by atoms with Gasteiger partial charge in [0.2, 0.25) is 0 Å². The van der Waals surface area contributed by atoms with E-state index in [4.69, 9.17) is 4.74 Å². The molecule has 3 rings (SSSR count). The van der Waals surface area contributed by atoms with Crippen molar-refractivity contribution in [3.8, 4) is 5.75 Å². The third-order valence-corrected chi connectivity index (χ3v) is 4.15. The highest BCUT2D eigenvalue weighted by Gasteiger charge is 2.36. The number of aliphatic hydroxyl groups is 1. The first-order chi connectivity index (χ1) is 10.3. The molecule has 1 N–H and O–H groups in total. The summed E-state index contributed by atoms with van der Waals surface area (Å²) in [6.07, 6.45) is 4.37. The Balaban J connectivity index is 2.21. The van der Waals surface area contributed by atoms with Gasteiger partial charge in [0.25, 0.3) is 0 Å². The van der Waals surface area contributed by atoms with E-state index in [1.54, 1.807) is 6.08 Å². The smallest absolute Gasteiger partial charge is 0.125 e. The lowest BCUT2D eigenvalue weighted by Gasteiger charge is -2.33. The van der Waals surface area contributed by atoms with Gasteiger partial charge >= 0.3 is 0 Å². The summed E-state index contributed by atoms with van der Waals surface area (Å²) in [6.45, 7) is 4.58. The van der Waals surface area contributed by atoms with Crippen LogP contribution in [0.5, 0.6) is 5.75 Å². The molecule has 21 heavy (non-hydrogen) atoms. The van der Waals surface area contributed by atoms with Crippen molar-refractivity contribution in [3.05, 3.63) is 71.8 Å². The first kappa shape index (κ1) is 13.9. The van der Waals surface area contributed by atoms with Crippen LogP contribution in [0.1, 0.15) is 36.0 Å². The van der Waals surface area contributed by atoms with Gasteiger partial charge in [-0.2, -0.15) is 0 Å². The summed E-state index contributed by atoms with van der Waals surface area (Å²) >= 11 is 0. The van der Waals surface area contributed by atoms with Crippen LogP contribution in [0.4, 0.5) is 0 Å². The largest absolute Gasteiger partial charge is 0.493 e. The standard InChI is InChI=1S/C19H20O2/c1-2-15-9-3-4-10-16(15)19(20)13-7-8-14-21-18-12-6-5-11-17(18)19/h2-6,9-12,20H,1,7-8,13-14H2. The van der Waals surface area contributed by atoms with Crippen molar-refractivity contribution >= 4 is 6.08 Å². The molecule has 0 saturated heterocycles. The second-order valence-electron chi connectivity index (χ2n) is 5.45. The monoisotopic (exact) mass is 280 g/mol. The summed E-state index contributed by atoms with van der Waals surface area (Å²) in [5.74, 6) is 0.776. The van der Waals surface area contributed by atoms with Gasteiger partial charge in [0.05, 0.1) is 6.61 Å². The zero-order chi connectivity index (χ0) is 14.7. The Labute approximate surface area is 125 Å². The number of para-hydroxylation sites is 1. The highest BCUT2D eigenvalue weighted by atomic mass is 16.5. The van der Waals surface area contributed by atoms with E-state index in [1.165, 1.54) is 0 Å². The molecule has 0 fully saturated rings. The molecule has 2 aromatic rings. The van der Waals surface area contributed by atoms with Gasteiger partial charge in [-0.25, -0.2) is 0 Å². The van der Waals surface area contributed by atoms with Gasteiger partial charge in [0.1, 0.15) is 11.4 Å². The zero-order valence-electron chi connectivity index (χ0n) is 12.1. The molecule has 2 aromatic carbocycles. The Bertz CT molecular complexity index is 648. The van der Waals surface area contributed by atoms with Gasteiger partial charge in [-0.3, -0.25) is 0 Å². The first-order valence-electron chi connectivity index (χ1n) is 7.42. The Morgan fingerprint density at radius 3 is 2.52 bits per heavy atom. The van der Waals surface area contributed by atoms with Gasteiger partial charge in [0, 0.05) is 5.56 Å². The minimum Gasteiger partial charge on any atom is -0.493 e. The molecule has 0 aliphatic carbocycles. The fourth-order valence-electron chi connectivity index (χ4n) is 3.07. The third-order valence-electron chi connectivity index (χ3n) is 4.15. The summed E-state index contributed by atoms with van der Waals surface area (Å²) in [5.41, 5.74) is 1.69. The molecule has 0 aromatic heterocycles. The van der Waals surface area contributed by atoms with Crippen LogP contribution < -0.4 is 4.74 Å². The van der Waals surface area contributed by atoms with E-state index in [-0.39, 0.29) is 0 Å². The maximum Gasteiger partial charge on any atom is 0.125 e. The van der Waals surface area contributed by atoms with E-state index < -0.39 is 5.60 Å². The topological polar surface area (TPSA) is 29.5 Å². The lowest BCUT2D eigenvalue weighted by atomic mass is 9.79. The SMILES string of the molecule is C=Cc1ccccc1C1(O)CCCCOc2ccccc21. The lowest BCUT2D eigenvalue weighted by Crippen LogP contribution is -2.30. The molecule has 1 aliphatic rings. The van der Waals surface area contributed by atoms with Crippen molar-refractivity contribution in [2.45, 2.75) is 24.9 Å². The number of fused-ring (bicyclic) bond motifs is 1. The van der Waals surface area contributed by atoms with E-state index in [0.29, 0.717) is 13.0 Å². The van der Waals surface area contributed by atoms with Crippen LogP contribution in [0.15, 0.2) is 55.1 Å². The summed E-state index contributed by atoms with van der Waals surface area (Å²) in [4.78, 5) is 0. The van der Waals surface area contributed by atoms with Gasteiger partial charge in [-0.15, -0.1) is 0 Å². The summed E-state index contributed by atoms with van der Waals surface area (Å²) < 4.78 is 5.83. The molecular weight excluding hydrogens is 260 g/mol. The predicted molar refractivity (Wildman–Crippen MR) is 85.3 cm³/mol. The average Bonchev–Trinajstić information content (AvgIpc) is 2.53. The van der Waals surface area contributed by atoms with Gasteiger partial charge in [-0.1, -0.05) is 55.1 Å². The van der Waals surface area contributed by atoms with E-state index in [2.05, 4.69) is 6.58 Å². The van der Waals surface area contributed by atoms with E-state index in [1.807, 2.05) is 48.5 Å². The van der Waals surface area contributed by atoms with Crippen molar-refractivity contribution in [2.24, 2.45) is 0 Å². The van der Waals surface area contributed by atoms with Crippen LogP contribution in [-0.2, 0) is 5.60 Å². The van der Waals surface area contributed by atoms with E-state index in [9.17, 15) is 5.11 Å². The molecule has 0 bridgehead atoms. The normalized spacial score (nSPS) is 21.6. The minimum absolute atomic E-state index is 0.693. The fourth-order valence-corrected chi connectivity index (χ4v) is 3.07. The molecule has 1 heterocycles. The van der Waals surface area contributed by atoms with Crippen LogP contribution in [0.2, 0.25) is 0 Å². The van der Waals surface area contributed by atoms with Crippen LogP contribution in [0.25, 0.3) is 6.08 Å². The number of ether oxygens (including phenoxy) is 1. The molecule has 0 saturated carbocycles. The van der Waals surface area contributed by atoms with Crippen molar-refractivity contribution in [1.29, 1.82) is 0 Å². The van der Waals surface area contributed by atoms with Gasteiger partial charge < -0.3 is 9.84 Å². The highest BCUT2D eigenvalue weighted by molar-refractivity contribution is 5.57. The highest BCUT2D eigenvalue weighted by Crippen LogP contribution is 2.42. The van der Waals surface area contributed by atoms with Crippen molar-refractivity contribution in [2.75, 3.05) is 6.61 Å². The molecular formula is C19H20O2. The number of rotatable bonds is 2.